The van der Waals surface area contributed by atoms with Crippen molar-refractivity contribution in [3.05, 3.63) is 34.4 Å². The lowest BCUT2D eigenvalue weighted by atomic mass is 10.1. The average Bonchev–Trinajstić information content (AvgIpc) is 2.36. The summed E-state index contributed by atoms with van der Waals surface area (Å²) in [6, 6.07) is 0. The first-order valence-electron chi connectivity index (χ1n) is 6.15. The molecule has 7 heteroatoms. The van der Waals surface area contributed by atoms with Crippen molar-refractivity contribution in [2.75, 3.05) is 6.61 Å². The molecule has 1 aromatic rings. The van der Waals surface area contributed by atoms with Gasteiger partial charge in [-0.05, 0) is 27.7 Å². The normalized spacial score (nSPS) is 11.6. The van der Waals surface area contributed by atoms with E-state index in [0.29, 0.717) is 0 Å². The minimum absolute atomic E-state index is 0.590. The summed E-state index contributed by atoms with van der Waals surface area (Å²) in [5.41, 5.74) is -2.39. The second kappa shape index (κ2) is 6.43. The largest absolute Gasteiger partial charge is 0.458 e. The molecule has 3 nitrogen and oxygen atoms in total. The summed E-state index contributed by atoms with van der Waals surface area (Å²) in [5.74, 6) is -6.78. The molecule has 21 heavy (non-hydrogen) atoms. The van der Waals surface area contributed by atoms with Crippen LogP contribution in [0.25, 0.3) is 0 Å². The second-order valence-electron chi connectivity index (χ2n) is 5.44. The summed E-state index contributed by atoms with van der Waals surface area (Å²) >= 11 is 0. The van der Waals surface area contributed by atoms with Crippen LogP contribution in [-0.4, -0.2) is 18.2 Å². The van der Waals surface area contributed by atoms with E-state index in [2.05, 4.69) is 0 Å². The van der Waals surface area contributed by atoms with Gasteiger partial charge in [0.05, 0.1) is 12.2 Å². The van der Waals surface area contributed by atoms with Crippen LogP contribution in [0.3, 0.4) is 0 Å². The summed E-state index contributed by atoms with van der Waals surface area (Å²) in [4.78, 5) is 11.3. The Kier molecular flexibility index (Phi) is 5.33. The summed E-state index contributed by atoms with van der Waals surface area (Å²) in [5, 5.41) is 0. The molecule has 0 unspecified atom stereocenters. The highest BCUT2D eigenvalue weighted by Gasteiger charge is 2.23. The van der Waals surface area contributed by atoms with Gasteiger partial charge in [-0.3, -0.25) is 0 Å². The molecule has 0 amide bonds. The Balaban J connectivity index is 2.75. The second-order valence-corrected chi connectivity index (χ2v) is 5.44. The Morgan fingerprint density at radius 3 is 1.90 bits per heavy atom. The SMILES string of the molecule is Cc1c(F)c(F)c(COCC(=O)OC(C)(C)C)c(F)c1F. The zero-order valence-corrected chi connectivity index (χ0v) is 12.2. The van der Waals surface area contributed by atoms with E-state index >= 15 is 0 Å². The molecule has 0 aromatic heterocycles. The monoisotopic (exact) mass is 308 g/mol. The fourth-order valence-corrected chi connectivity index (χ4v) is 1.52. The Hall–Kier alpha value is -1.63. The van der Waals surface area contributed by atoms with Crippen molar-refractivity contribution in [2.45, 2.75) is 39.9 Å². The Morgan fingerprint density at radius 1 is 1.00 bits per heavy atom. The van der Waals surface area contributed by atoms with Gasteiger partial charge in [-0.1, -0.05) is 0 Å². The van der Waals surface area contributed by atoms with Gasteiger partial charge in [0.2, 0.25) is 0 Å². The quantitative estimate of drug-likeness (QED) is 0.486. The van der Waals surface area contributed by atoms with Crippen LogP contribution in [0.5, 0.6) is 0 Å². The zero-order chi connectivity index (χ0) is 16.4. The molecule has 0 bridgehead atoms. The molecule has 0 aliphatic carbocycles. The van der Waals surface area contributed by atoms with Crippen LogP contribution in [0.1, 0.15) is 31.9 Å². The number of benzene rings is 1. The molecule has 0 spiro atoms. The van der Waals surface area contributed by atoms with Crippen LogP contribution < -0.4 is 0 Å². The summed E-state index contributed by atoms with van der Waals surface area (Å²) in [6.45, 7) is 4.44. The highest BCUT2D eigenvalue weighted by Crippen LogP contribution is 2.24. The molecule has 1 rings (SSSR count). The van der Waals surface area contributed by atoms with Crippen LogP contribution in [0.4, 0.5) is 17.6 Å². The van der Waals surface area contributed by atoms with Gasteiger partial charge in [0.25, 0.3) is 0 Å². The van der Waals surface area contributed by atoms with Crippen LogP contribution >= 0.6 is 0 Å². The number of ether oxygens (including phenoxy) is 2. The van der Waals surface area contributed by atoms with Gasteiger partial charge in [-0.25, -0.2) is 22.4 Å². The predicted octanol–water partition coefficient (Wildman–Crippen LogP) is 3.41. The van der Waals surface area contributed by atoms with Gasteiger partial charge < -0.3 is 9.47 Å². The van der Waals surface area contributed by atoms with E-state index in [0.717, 1.165) is 6.92 Å². The predicted molar refractivity (Wildman–Crippen MR) is 66.5 cm³/mol. The Bertz CT molecular complexity index is 521. The van der Waals surface area contributed by atoms with Crippen molar-refractivity contribution in [3.8, 4) is 0 Å². The van der Waals surface area contributed by atoms with E-state index in [1.807, 2.05) is 0 Å². The highest BCUT2D eigenvalue weighted by molar-refractivity contribution is 5.71. The molecule has 0 N–H and O–H groups in total. The lowest BCUT2D eigenvalue weighted by molar-refractivity contribution is -0.160. The standard InChI is InChI=1S/C14H16F4O3/c1-7-10(15)12(17)8(13(18)11(7)16)5-20-6-9(19)21-14(2,3)4/h5-6H2,1-4H3. The van der Waals surface area contributed by atoms with Crippen LogP contribution in [-0.2, 0) is 20.9 Å². The van der Waals surface area contributed by atoms with E-state index in [4.69, 9.17) is 9.47 Å². The summed E-state index contributed by atoms with van der Waals surface area (Å²) in [6.07, 6.45) is 0. The van der Waals surface area contributed by atoms with Gasteiger partial charge in [0.1, 0.15) is 12.2 Å². The molecule has 0 atom stereocenters. The van der Waals surface area contributed by atoms with Crippen molar-refractivity contribution in [1.82, 2.24) is 0 Å². The van der Waals surface area contributed by atoms with Crippen molar-refractivity contribution >= 4 is 5.97 Å². The molecule has 118 valence electrons. The number of rotatable bonds is 4. The molecule has 0 fully saturated rings. The number of hydrogen-bond acceptors (Lipinski definition) is 3. The topological polar surface area (TPSA) is 35.5 Å². The van der Waals surface area contributed by atoms with E-state index in [1.165, 1.54) is 0 Å². The van der Waals surface area contributed by atoms with Gasteiger partial charge in [-0.15, -0.1) is 0 Å². The lowest BCUT2D eigenvalue weighted by Crippen LogP contribution is -2.26. The molecule has 0 heterocycles. The molecule has 0 saturated heterocycles. The van der Waals surface area contributed by atoms with Gasteiger partial charge >= 0.3 is 5.97 Å². The fraction of sp³-hybridized carbons (Fsp3) is 0.500. The molecular weight excluding hydrogens is 292 g/mol. The number of carbonyl (C=O) groups excluding carboxylic acids is 1. The van der Waals surface area contributed by atoms with E-state index in [-0.39, 0.29) is 0 Å². The first-order chi connectivity index (χ1) is 9.54. The van der Waals surface area contributed by atoms with Gasteiger partial charge in [0, 0.05) is 5.56 Å². The number of halogens is 4. The van der Waals surface area contributed by atoms with Crippen molar-refractivity contribution < 1.29 is 31.8 Å². The zero-order valence-electron chi connectivity index (χ0n) is 12.2. The van der Waals surface area contributed by atoms with E-state index in [9.17, 15) is 22.4 Å². The molecule has 0 aliphatic heterocycles. The first kappa shape index (κ1) is 17.4. The number of carbonyl (C=O) groups is 1. The Morgan fingerprint density at radius 2 is 1.48 bits per heavy atom. The van der Waals surface area contributed by atoms with Crippen molar-refractivity contribution in [1.29, 1.82) is 0 Å². The van der Waals surface area contributed by atoms with Crippen molar-refractivity contribution in [2.24, 2.45) is 0 Å². The van der Waals surface area contributed by atoms with Crippen LogP contribution in [0, 0.1) is 30.2 Å². The smallest absolute Gasteiger partial charge is 0.332 e. The number of esters is 1. The minimum Gasteiger partial charge on any atom is -0.458 e. The van der Waals surface area contributed by atoms with E-state index in [1.54, 1.807) is 20.8 Å². The Labute approximate surface area is 119 Å². The molecule has 0 saturated carbocycles. The maximum atomic E-state index is 13.5. The summed E-state index contributed by atoms with van der Waals surface area (Å²) in [7, 11) is 0. The third kappa shape index (κ3) is 4.42. The maximum absolute atomic E-state index is 13.5. The third-order valence-electron chi connectivity index (χ3n) is 2.46. The fourth-order valence-electron chi connectivity index (χ4n) is 1.52. The summed E-state index contributed by atoms with van der Waals surface area (Å²) < 4.78 is 63.3. The van der Waals surface area contributed by atoms with E-state index < -0.39 is 59.2 Å². The molecule has 1 aromatic carbocycles. The van der Waals surface area contributed by atoms with Gasteiger partial charge in [0.15, 0.2) is 23.3 Å². The minimum atomic E-state index is -1.53. The average molecular weight is 308 g/mol. The molecular formula is C14H16F4O3. The van der Waals surface area contributed by atoms with Crippen molar-refractivity contribution in [3.63, 3.8) is 0 Å². The first-order valence-corrected chi connectivity index (χ1v) is 6.15. The third-order valence-corrected chi connectivity index (χ3v) is 2.46. The number of hydrogen-bond donors (Lipinski definition) is 0. The molecule has 0 aliphatic rings. The van der Waals surface area contributed by atoms with Crippen LogP contribution in [0.15, 0.2) is 0 Å². The lowest BCUT2D eigenvalue weighted by Gasteiger charge is -2.19. The maximum Gasteiger partial charge on any atom is 0.332 e. The highest BCUT2D eigenvalue weighted by atomic mass is 19.2. The van der Waals surface area contributed by atoms with Gasteiger partial charge in [-0.2, -0.15) is 0 Å². The van der Waals surface area contributed by atoms with Crippen LogP contribution in [0.2, 0.25) is 0 Å². The molecule has 0 radical (unpaired) electrons.